The first-order chi connectivity index (χ1) is 10.1. The molecule has 0 atom stereocenters. The Hall–Kier alpha value is -1.58. The van der Waals surface area contributed by atoms with Crippen LogP contribution in [0.5, 0.6) is 5.75 Å². The maximum atomic E-state index is 11.9. The Morgan fingerprint density at radius 1 is 1.38 bits per heavy atom. The molecule has 21 heavy (non-hydrogen) atoms. The number of nitrogens with one attached hydrogen (secondary N) is 1. The summed E-state index contributed by atoms with van der Waals surface area (Å²) < 4.78 is 5.91. The molecule has 0 aromatic carbocycles. The Morgan fingerprint density at radius 3 is 2.86 bits per heavy atom. The lowest BCUT2D eigenvalue weighted by atomic mass is 9.90. The van der Waals surface area contributed by atoms with Gasteiger partial charge in [0.05, 0.1) is 6.61 Å². The standard InChI is InChI=1S/C17H26N2O2/c1-13(2)11-16(20)19-17-15(9-6-10-18-17)21-12-14-7-4-3-5-8-14/h6,9-10,13-14H,3-5,7-8,11-12H2,1-2H3,(H,18,19,20). The predicted octanol–water partition coefficient (Wildman–Crippen LogP) is 4.03. The van der Waals surface area contributed by atoms with Gasteiger partial charge in [-0.1, -0.05) is 33.1 Å². The largest absolute Gasteiger partial charge is 0.489 e. The summed E-state index contributed by atoms with van der Waals surface area (Å²) in [5.41, 5.74) is 0. The van der Waals surface area contributed by atoms with E-state index < -0.39 is 0 Å². The van der Waals surface area contributed by atoms with Gasteiger partial charge in [-0.3, -0.25) is 4.79 Å². The predicted molar refractivity (Wildman–Crippen MR) is 84.4 cm³/mol. The lowest BCUT2D eigenvalue weighted by molar-refractivity contribution is -0.116. The lowest BCUT2D eigenvalue weighted by Gasteiger charge is -2.22. The first-order valence-electron chi connectivity index (χ1n) is 8.03. The van der Waals surface area contributed by atoms with E-state index in [0.717, 1.165) is 6.61 Å². The molecule has 2 rings (SSSR count). The van der Waals surface area contributed by atoms with Crippen LogP contribution < -0.4 is 10.1 Å². The van der Waals surface area contributed by atoms with Crippen molar-refractivity contribution in [1.82, 2.24) is 4.98 Å². The van der Waals surface area contributed by atoms with E-state index in [-0.39, 0.29) is 5.91 Å². The van der Waals surface area contributed by atoms with Crippen molar-refractivity contribution < 1.29 is 9.53 Å². The molecule has 1 heterocycles. The molecule has 1 aliphatic carbocycles. The molecule has 1 aliphatic rings. The van der Waals surface area contributed by atoms with Gasteiger partial charge in [0.25, 0.3) is 0 Å². The van der Waals surface area contributed by atoms with Gasteiger partial charge in [0.1, 0.15) is 0 Å². The van der Waals surface area contributed by atoms with Gasteiger partial charge in [-0.25, -0.2) is 4.98 Å². The Morgan fingerprint density at radius 2 is 2.14 bits per heavy atom. The van der Waals surface area contributed by atoms with Crippen LogP contribution in [0.2, 0.25) is 0 Å². The number of nitrogens with zero attached hydrogens (tertiary/aromatic N) is 1. The van der Waals surface area contributed by atoms with E-state index in [2.05, 4.69) is 10.3 Å². The van der Waals surface area contributed by atoms with Crippen LogP contribution >= 0.6 is 0 Å². The van der Waals surface area contributed by atoms with Crippen molar-refractivity contribution in [3.63, 3.8) is 0 Å². The van der Waals surface area contributed by atoms with Crippen molar-refractivity contribution >= 4 is 11.7 Å². The van der Waals surface area contributed by atoms with Crippen molar-refractivity contribution in [3.8, 4) is 5.75 Å². The molecule has 1 aromatic rings. The molecular formula is C17H26N2O2. The zero-order valence-electron chi connectivity index (χ0n) is 13.1. The van der Waals surface area contributed by atoms with Gasteiger partial charge in [0.15, 0.2) is 11.6 Å². The second-order valence-electron chi connectivity index (χ2n) is 6.31. The Balaban J connectivity index is 1.91. The van der Waals surface area contributed by atoms with Crippen LogP contribution in [0.1, 0.15) is 52.4 Å². The molecule has 0 saturated heterocycles. The molecule has 0 bridgehead atoms. The van der Waals surface area contributed by atoms with Gasteiger partial charge in [0, 0.05) is 12.6 Å². The van der Waals surface area contributed by atoms with Crippen LogP contribution in [0.25, 0.3) is 0 Å². The number of carbonyl (C=O) groups excluding carboxylic acids is 1. The Kier molecular flexibility index (Phi) is 6.03. The summed E-state index contributed by atoms with van der Waals surface area (Å²) in [6, 6.07) is 3.72. The molecular weight excluding hydrogens is 264 g/mol. The second kappa shape index (κ2) is 8.01. The first kappa shape index (κ1) is 15.8. The number of hydrogen-bond acceptors (Lipinski definition) is 3. The van der Waals surface area contributed by atoms with Crippen molar-refractivity contribution in [3.05, 3.63) is 18.3 Å². The van der Waals surface area contributed by atoms with Crippen LogP contribution in [0, 0.1) is 11.8 Å². The molecule has 1 fully saturated rings. The van der Waals surface area contributed by atoms with Crippen molar-refractivity contribution in [2.45, 2.75) is 52.4 Å². The quantitative estimate of drug-likeness (QED) is 0.860. The fourth-order valence-corrected chi connectivity index (χ4v) is 2.72. The molecule has 1 N–H and O–H groups in total. The topological polar surface area (TPSA) is 51.2 Å². The van der Waals surface area contributed by atoms with E-state index in [4.69, 9.17) is 4.74 Å². The Bertz CT molecular complexity index is 454. The minimum Gasteiger partial charge on any atom is -0.489 e. The van der Waals surface area contributed by atoms with E-state index in [0.29, 0.717) is 29.8 Å². The molecule has 1 amide bonds. The van der Waals surface area contributed by atoms with Crippen LogP contribution in [0.3, 0.4) is 0 Å². The Labute approximate surface area is 127 Å². The summed E-state index contributed by atoms with van der Waals surface area (Å²) in [4.78, 5) is 16.1. The molecule has 0 radical (unpaired) electrons. The number of ether oxygens (including phenoxy) is 1. The summed E-state index contributed by atoms with van der Waals surface area (Å²) in [6.45, 7) is 4.77. The highest BCUT2D eigenvalue weighted by molar-refractivity contribution is 5.91. The molecule has 0 unspecified atom stereocenters. The monoisotopic (exact) mass is 290 g/mol. The smallest absolute Gasteiger partial charge is 0.225 e. The highest BCUT2D eigenvalue weighted by Gasteiger charge is 2.16. The third-order valence-electron chi connectivity index (χ3n) is 3.82. The zero-order chi connectivity index (χ0) is 15.1. The minimum absolute atomic E-state index is 0.00813. The normalized spacial score (nSPS) is 16.0. The summed E-state index contributed by atoms with van der Waals surface area (Å²) >= 11 is 0. The number of hydrogen-bond donors (Lipinski definition) is 1. The first-order valence-corrected chi connectivity index (χ1v) is 8.03. The molecule has 4 heteroatoms. The number of aromatic nitrogens is 1. The average Bonchev–Trinajstić information content (AvgIpc) is 2.46. The van der Waals surface area contributed by atoms with Gasteiger partial charge >= 0.3 is 0 Å². The lowest BCUT2D eigenvalue weighted by Crippen LogP contribution is -2.18. The average molecular weight is 290 g/mol. The summed E-state index contributed by atoms with van der Waals surface area (Å²) in [5.74, 6) is 2.18. The van der Waals surface area contributed by atoms with Crippen molar-refractivity contribution in [2.75, 3.05) is 11.9 Å². The second-order valence-corrected chi connectivity index (χ2v) is 6.31. The van der Waals surface area contributed by atoms with Gasteiger partial charge < -0.3 is 10.1 Å². The minimum atomic E-state index is -0.00813. The molecule has 1 saturated carbocycles. The number of carbonyl (C=O) groups is 1. The maximum Gasteiger partial charge on any atom is 0.225 e. The van der Waals surface area contributed by atoms with Gasteiger partial charge in [-0.15, -0.1) is 0 Å². The van der Waals surface area contributed by atoms with Crippen molar-refractivity contribution in [1.29, 1.82) is 0 Å². The number of amides is 1. The molecule has 4 nitrogen and oxygen atoms in total. The number of anilines is 1. The molecule has 0 aliphatic heterocycles. The van der Waals surface area contributed by atoms with E-state index >= 15 is 0 Å². The third kappa shape index (κ3) is 5.37. The number of rotatable bonds is 6. The summed E-state index contributed by atoms with van der Waals surface area (Å²) in [7, 11) is 0. The van der Waals surface area contributed by atoms with Gasteiger partial charge in [-0.2, -0.15) is 0 Å². The fraction of sp³-hybridized carbons (Fsp3) is 0.647. The number of pyridine rings is 1. The summed E-state index contributed by atoms with van der Waals surface area (Å²) in [5, 5.41) is 2.85. The van der Waals surface area contributed by atoms with E-state index in [9.17, 15) is 4.79 Å². The van der Waals surface area contributed by atoms with Crippen LogP contribution in [-0.4, -0.2) is 17.5 Å². The van der Waals surface area contributed by atoms with Crippen LogP contribution in [0.15, 0.2) is 18.3 Å². The SMILES string of the molecule is CC(C)CC(=O)Nc1ncccc1OCC1CCCCC1. The van der Waals surface area contributed by atoms with Crippen molar-refractivity contribution in [2.24, 2.45) is 11.8 Å². The summed E-state index contributed by atoms with van der Waals surface area (Å²) in [6.07, 6.45) is 8.62. The molecule has 0 spiro atoms. The van der Waals surface area contributed by atoms with E-state index in [1.165, 1.54) is 32.1 Å². The molecule has 116 valence electrons. The van der Waals surface area contributed by atoms with Gasteiger partial charge in [0.2, 0.25) is 5.91 Å². The molecule has 1 aromatic heterocycles. The zero-order valence-corrected chi connectivity index (χ0v) is 13.1. The van der Waals surface area contributed by atoms with E-state index in [1.54, 1.807) is 6.20 Å². The maximum absolute atomic E-state index is 11.9. The fourth-order valence-electron chi connectivity index (χ4n) is 2.72. The van der Waals surface area contributed by atoms with Crippen LogP contribution in [0.4, 0.5) is 5.82 Å². The third-order valence-corrected chi connectivity index (χ3v) is 3.82. The van der Waals surface area contributed by atoms with E-state index in [1.807, 2.05) is 26.0 Å². The van der Waals surface area contributed by atoms with Gasteiger partial charge in [-0.05, 0) is 36.8 Å². The van der Waals surface area contributed by atoms with Crippen LogP contribution in [-0.2, 0) is 4.79 Å². The highest BCUT2D eigenvalue weighted by atomic mass is 16.5. The highest BCUT2D eigenvalue weighted by Crippen LogP contribution is 2.27.